The summed E-state index contributed by atoms with van der Waals surface area (Å²) < 4.78 is 5.13. The fraction of sp³-hybridized carbons (Fsp3) is 0.267. The SMILES string of the molecule is COc1ccc(CC(N)Cc2ccnc(N)c2)cc1. The highest BCUT2D eigenvalue weighted by atomic mass is 16.5. The van der Waals surface area contributed by atoms with Crippen LogP contribution in [0, 0.1) is 0 Å². The predicted molar refractivity (Wildman–Crippen MR) is 77.0 cm³/mol. The average molecular weight is 257 g/mol. The van der Waals surface area contributed by atoms with Gasteiger partial charge >= 0.3 is 0 Å². The van der Waals surface area contributed by atoms with Gasteiger partial charge in [0.25, 0.3) is 0 Å². The number of rotatable bonds is 5. The Morgan fingerprint density at radius 2 is 1.79 bits per heavy atom. The van der Waals surface area contributed by atoms with E-state index in [9.17, 15) is 0 Å². The number of pyridine rings is 1. The summed E-state index contributed by atoms with van der Waals surface area (Å²) >= 11 is 0. The van der Waals surface area contributed by atoms with Crippen LogP contribution in [0.2, 0.25) is 0 Å². The molecule has 0 amide bonds. The highest BCUT2D eigenvalue weighted by Crippen LogP contribution is 2.14. The first kappa shape index (κ1) is 13.4. The highest BCUT2D eigenvalue weighted by molar-refractivity contribution is 5.32. The molecule has 19 heavy (non-hydrogen) atoms. The third-order valence-electron chi connectivity index (χ3n) is 3.00. The second-order valence-electron chi connectivity index (χ2n) is 4.61. The van der Waals surface area contributed by atoms with Gasteiger partial charge in [-0.25, -0.2) is 4.98 Å². The van der Waals surface area contributed by atoms with Crippen LogP contribution < -0.4 is 16.2 Å². The van der Waals surface area contributed by atoms with Gasteiger partial charge in [0.2, 0.25) is 0 Å². The number of hydrogen-bond donors (Lipinski definition) is 2. The van der Waals surface area contributed by atoms with E-state index in [4.69, 9.17) is 16.2 Å². The van der Waals surface area contributed by atoms with Crippen molar-refractivity contribution in [3.05, 3.63) is 53.7 Å². The van der Waals surface area contributed by atoms with Gasteiger partial charge in [0.1, 0.15) is 11.6 Å². The second-order valence-corrected chi connectivity index (χ2v) is 4.61. The van der Waals surface area contributed by atoms with Crippen LogP contribution in [-0.2, 0) is 12.8 Å². The van der Waals surface area contributed by atoms with Gasteiger partial charge < -0.3 is 16.2 Å². The van der Waals surface area contributed by atoms with Crippen molar-refractivity contribution in [1.82, 2.24) is 4.98 Å². The van der Waals surface area contributed by atoms with Gasteiger partial charge in [0.15, 0.2) is 0 Å². The van der Waals surface area contributed by atoms with E-state index >= 15 is 0 Å². The van der Waals surface area contributed by atoms with Crippen LogP contribution in [0.15, 0.2) is 42.6 Å². The minimum atomic E-state index is 0.0650. The Balaban J connectivity index is 1.95. The molecule has 4 nitrogen and oxygen atoms in total. The number of hydrogen-bond acceptors (Lipinski definition) is 4. The van der Waals surface area contributed by atoms with Gasteiger partial charge in [-0.15, -0.1) is 0 Å². The number of nitrogen functional groups attached to an aromatic ring is 1. The largest absolute Gasteiger partial charge is 0.497 e. The first-order chi connectivity index (χ1) is 9.17. The fourth-order valence-electron chi connectivity index (χ4n) is 2.06. The zero-order valence-corrected chi connectivity index (χ0v) is 11.0. The number of benzene rings is 1. The number of ether oxygens (including phenoxy) is 1. The molecule has 2 aromatic rings. The quantitative estimate of drug-likeness (QED) is 0.856. The smallest absolute Gasteiger partial charge is 0.123 e. The van der Waals surface area contributed by atoms with Crippen molar-refractivity contribution < 1.29 is 4.74 Å². The van der Waals surface area contributed by atoms with E-state index in [1.54, 1.807) is 13.3 Å². The van der Waals surface area contributed by atoms with Gasteiger partial charge in [0.05, 0.1) is 7.11 Å². The summed E-state index contributed by atoms with van der Waals surface area (Å²) in [5.74, 6) is 1.40. The Bertz CT molecular complexity index is 525. The Labute approximate surface area is 113 Å². The number of nitrogens with zero attached hydrogens (tertiary/aromatic N) is 1. The lowest BCUT2D eigenvalue weighted by atomic mass is 10.0. The summed E-state index contributed by atoms with van der Waals surface area (Å²) in [4.78, 5) is 3.97. The molecule has 1 aromatic heterocycles. The lowest BCUT2D eigenvalue weighted by Crippen LogP contribution is -2.25. The van der Waals surface area contributed by atoms with E-state index in [0.717, 1.165) is 24.2 Å². The van der Waals surface area contributed by atoms with Gasteiger partial charge in [-0.05, 0) is 48.2 Å². The van der Waals surface area contributed by atoms with Crippen molar-refractivity contribution in [2.24, 2.45) is 5.73 Å². The summed E-state index contributed by atoms with van der Waals surface area (Å²) in [5, 5.41) is 0. The molecular weight excluding hydrogens is 238 g/mol. The molecule has 0 bridgehead atoms. The molecule has 0 fully saturated rings. The molecule has 0 aliphatic rings. The van der Waals surface area contributed by atoms with Crippen molar-refractivity contribution in [2.45, 2.75) is 18.9 Å². The zero-order valence-electron chi connectivity index (χ0n) is 11.0. The predicted octanol–water partition coefficient (Wildman–Crippen LogP) is 1.78. The molecule has 0 aliphatic carbocycles. The van der Waals surface area contributed by atoms with Crippen molar-refractivity contribution in [3.8, 4) is 5.75 Å². The molecule has 0 aliphatic heterocycles. The van der Waals surface area contributed by atoms with Gasteiger partial charge in [-0.3, -0.25) is 0 Å². The lowest BCUT2D eigenvalue weighted by Gasteiger charge is -2.12. The molecule has 0 saturated carbocycles. The Hall–Kier alpha value is -2.07. The molecule has 100 valence electrons. The van der Waals surface area contributed by atoms with Crippen LogP contribution in [0.25, 0.3) is 0 Å². The van der Waals surface area contributed by atoms with Crippen LogP contribution in [0.4, 0.5) is 5.82 Å². The number of anilines is 1. The molecule has 4 heteroatoms. The first-order valence-corrected chi connectivity index (χ1v) is 6.26. The highest BCUT2D eigenvalue weighted by Gasteiger charge is 2.06. The van der Waals surface area contributed by atoms with Crippen LogP contribution in [0.1, 0.15) is 11.1 Å². The summed E-state index contributed by atoms with van der Waals surface area (Å²) in [6.45, 7) is 0. The van der Waals surface area contributed by atoms with Gasteiger partial charge in [-0.2, -0.15) is 0 Å². The van der Waals surface area contributed by atoms with Crippen LogP contribution in [0.5, 0.6) is 5.75 Å². The summed E-state index contributed by atoms with van der Waals surface area (Å²) in [6.07, 6.45) is 3.33. The lowest BCUT2D eigenvalue weighted by molar-refractivity contribution is 0.414. The van der Waals surface area contributed by atoms with Crippen LogP contribution in [0.3, 0.4) is 0 Å². The standard InChI is InChI=1S/C15H19N3O/c1-19-14-4-2-11(3-5-14)8-13(16)9-12-6-7-18-15(17)10-12/h2-7,10,13H,8-9,16H2,1H3,(H2,17,18). The molecule has 1 atom stereocenters. The minimum Gasteiger partial charge on any atom is -0.497 e. The molecule has 1 unspecified atom stereocenters. The molecule has 0 spiro atoms. The van der Waals surface area contributed by atoms with Crippen LogP contribution >= 0.6 is 0 Å². The maximum atomic E-state index is 6.17. The molecule has 0 radical (unpaired) electrons. The number of aromatic nitrogens is 1. The normalized spacial score (nSPS) is 12.1. The number of methoxy groups -OCH3 is 1. The average Bonchev–Trinajstić information content (AvgIpc) is 2.39. The molecule has 2 rings (SSSR count). The summed E-state index contributed by atoms with van der Waals surface area (Å²) in [7, 11) is 1.66. The third-order valence-corrected chi connectivity index (χ3v) is 3.00. The fourth-order valence-corrected chi connectivity index (χ4v) is 2.06. The molecular formula is C15H19N3O. The van der Waals surface area contributed by atoms with E-state index in [-0.39, 0.29) is 6.04 Å². The second kappa shape index (κ2) is 6.20. The van der Waals surface area contributed by atoms with E-state index in [0.29, 0.717) is 5.82 Å². The maximum absolute atomic E-state index is 6.17. The Morgan fingerprint density at radius 3 is 2.42 bits per heavy atom. The summed E-state index contributed by atoms with van der Waals surface area (Å²) in [6, 6.07) is 11.9. The monoisotopic (exact) mass is 257 g/mol. The van der Waals surface area contributed by atoms with Gasteiger partial charge in [-0.1, -0.05) is 12.1 Å². The summed E-state index contributed by atoms with van der Waals surface area (Å²) in [5.41, 5.74) is 14.1. The molecule has 0 saturated heterocycles. The Kier molecular flexibility index (Phi) is 4.36. The van der Waals surface area contributed by atoms with E-state index in [2.05, 4.69) is 4.98 Å². The number of nitrogens with two attached hydrogens (primary N) is 2. The van der Waals surface area contributed by atoms with Crippen molar-refractivity contribution in [3.63, 3.8) is 0 Å². The molecule has 1 heterocycles. The van der Waals surface area contributed by atoms with Crippen molar-refractivity contribution >= 4 is 5.82 Å². The van der Waals surface area contributed by atoms with E-state index < -0.39 is 0 Å². The van der Waals surface area contributed by atoms with Gasteiger partial charge in [0, 0.05) is 12.2 Å². The topological polar surface area (TPSA) is 74.2 Å². The molecule has 4 N–H and O–H groups in total. The maximum Gasteiger partial charge on any atom is 0.123 e. The first-order valence-electron chi connectivity index (χ1n) is 6.26. The minimum absolute atomic E-state index is 0.0650. The van der Waals surface area contributed by atoms with E-state index in [1.807, 2.05) is 36.4 Å². The van der Waals surface area contributed by atoms with Crippen LogP contribution in [-0.4, -0.2) is 18.1 Å². The van der Waals surface area contributed by atoms with E-state index in [1.165, 1.54) is 5.56 Å². The Morgan fingerprint density at radius 1 is 1.11 bits per heavy atom. The van der Waals surface area contributed by atoms with Crippen molar-refractivity contribution in [2.75, 3.05) is 12.8 Å². The third kappa shape index (κ3) is 3.96. The van der Waals surface area contributed by atoms with Crippen molar-refractivity contribution in [1.29, 1.82) is 0 Å². The molecule has 1 aromatic carbocycles. The zero-order chi connectivity index (χ0) is 13.7.